The average molecular weight is 396 g/mol. The molecule has 1 aliphatic carbocycles. The Hall–Kier alpha value is -2.60. The highest BCUT2D eigenvalue weighted by atomic mass is 32.2. The number of fused-ring (bicyclic) bond motifs is 1. The second-order valence-electron chi connectivity index (χ2n) is 7.09. The van der Waals surface area contributed by atoms with Crippen LogP contribution in [0.5, 0.6) is 0 Å². The van der Waals surface area contributed by atoms with E-state index in [1.54, 1.807) is 17.0 Å². The molecule has 0 spiro atoms. The molecule has 1 saturated carbocycles. The van der Waals surface area contributed by atoms with E-state index in [-0.39, 0.29) is 23.7 Å². The van der Waals surface area contributed by atoms with Gasteiger partial charge in [0, 0.05) is 17.0 Å². The van der Waals surface area contributed by atoms with Crippen LogP contribution in [0.2, 0.25) is 0 Å². The standard InChI is InChI=1S/C22H21FN2O2S/c23-16-11-9-15(10-12-16)14-25-18-7-3-4-8-19(18)28-20(22(25)27)13-21(26)24-17-5-1-2-6-17/h3-4,7-13,17H,1-2,5-6,14H2,(H,24,26)/b20-13-. The van der Waals surface area contributed by atoms with Gasteiger partial charge in [-0.2, -0.15) is 0 Å². The molecular formula is C22H21FN2O2S. The van der Waals surface area contributed by atoms with Crippen molar-refractivity contribution in [1.82, 2.24) is 5.32 Å². The molecule has 144 valence electrons. The van der Waals surface area contributed by atoms with Crippen molar-refractivity contribution in [2.24, 2.45) is 0 Å². The summed E-state index contributed by atoms with van der Waals surface area (Å²) in [6.07, 6.45) is 5.67. The number of rotatable bonds is 4. The minimum atomic E-state index is -0.311. The van der Waals surface area contributed by atoms with E-state index in [9.17, 15) is 14.0 Å². The van der Waals surface area contributed by atoms with Crippen LogP contribution >= 0.6 is 11.8 Å². The first-order chi connectivity index (χ1) is 13.6. The number of nitrogens with one attached hydrogen (secondary N) is 1. The van der Waals surface area contributed by atoms with Gasteiger partial charge in [-0.25, -0.2) is 4.39 Å². The lowest BCUT2D eigenvalue weighted by atomic mass is 10.1. The summed E-state index contributed by atoms with van der Waals surface area (Å²) < 4.78 is 13.2. The molecule has 2 aromatic carbocycles. The predicted molar refractivity (Wildman–Crippen MR) is 108 cm³/mol. The predicted octanol–water partition coefficient (Wildman–Crippen LogP) is 4.41. The molecule has 0 bridgehead atoms. The van der Waals surface area contributed by atoms with E-state index in [1.165, 1.54) is 30.0 Å². The summed E-state index contributed by atoms with van der Waals surface area (Å²) in [6.45, 7) is 0.318. The van der Waals surface area contributed by atoms with Gasteiger partial charge in [0.2, 0.25) is 5.91 Å². The maximum Gasteiger partial charge on any atom is 0.265 e. The lowest BCUT2D eigenvalue weighted by Gasteiger charge is -2.30. The molecule has 6 heteroatoms. The topological polar surface area (TPSA) is 49.4 Å². The molecule has 2 aromatic rings. The molecule has 0 unspecified atom stereocenters. The van der Waals surface area contributed by atoms with Crippen LogP contribution in [0.4, 0.5) is 10.1 Å². The van der Waals surface area contributed by atoms with Gasteiger partial charge in [0.25, 0.3) is 5.91 Å². The average Bonchev–Trinajstić information content (AvgIpc) is 3.19. The summed E-state index contributed by atoms with van der Waals surface area (Å²) in [5.74, 6) is -0.743. The van der Waals surface area contributed by atoms with Crippen molar-refractivity contribution in [3.05, 3.63) is 70.9 Å². The second-order valence-corrected chi connectivity index (χ2v) is 8.17. The van der Waals surface area contributed by atoms with E-state index in [1.807, 2.05) is 24.3 Å². The van der Waals surface area contributed by atoms with E-state index in [0.29, 0.717) is 11.4 Å². The van der Waals surface area contributed by atoms with Gasteiger partial charge in [-0.3, -0.25) is 9.59 Å². The zero-order valence-corrected chi connectivity index (χ0v) is 16.2. The Morgan fingerprint density at radius 1 is 1.14 bits per heavy atom. The Morgan fingerprint density at radius 2 is 1.86 bits per heavy atom. The van der Waals surface area contributed by atoms with Gasteiger partial charge in [-0.15, -0.1) is 0 Å². The summed E-state index contributed by atoms with van der Waals surface area (Å²) in [4.78, 5) is 28.5. The van der Waals surface area contributed by atoms with Crippen molar-refractivity contribution in [3.63, 3.8) is 0 Å². The number of benzene rings is 2. The number of carbonyl (C=O) groups is 2. The van der Waals surface area contributed by atoms with Crippen LogP contribution in [0.25, 0.3) is 0 Å². The maximum absolute atomic E-state index is 13.2. The molecule has 0 atom stereocenters. The molecule has 28 heavy (non-hydrogen) atoms. The van der Waals surface area contributed by atoms with Crippen LogP contribution < -0.4 is 10.2 Å². The van der Waals surface area contributed by atoms with E-state index in [4.69, 9.17) is 0 Å². The number of thioether (sulfide) groups is 1. The van der Waals surface area contributed by atoms with Gasteiger partial charge in [0.05, 0.1) is 17.1 Å². The van der Waals surface area contributed by atoms with Gasteiger partial charge in [0.1, 0.15) is 5.82 Å². The van der Waals surface area contributed by atoms with Crippen molar-refractivity contribution in [3.8, 4) is 0 Å². The molecular weight excluding hydrogens is 375 g/mol. The highest BCUT2D eigenvalue weighted by Gasteiger charge is 2.30. The van der Waals surface area contributed by atoms with Crippen LogP contribution in [0.1, 0.15) is 31.2 Å². The molecule has 2 aliphatic rings. The summed E-state index contributed by atoms with van der Waals surface area (Å²) in [7, 11) is 0. The molecule has 2 amide bonds. The first-order valence-corrected chi connectivity index (χ1v) is 10.3. The van der Waals surface area contributed by atoms with Crippen molar-refractivity contribution in [1.29, 1.82) is 0 Å². The lowest BCUT2D eigenvalue weighted by molar-refractivity contribution is -0.118. The SMILES string of the molecule is O=C(/C=C1\Sc2ccccc2N(Cc2ccc(F)cc2)C1=O)NC1CCCC1. The monoisotopic (exact) mass is 396 g/mol. The maximum atomic E-state index is 13.2. The fourth-order valence-electron chi connectivity index (χ4n) is 3.62. The summed E-state index contributed by atoms with van der Waals surface area (Å²) in [5, 5.41) is 3.00. The largest absolute Gasteiger partial charge is 0.350 e. The number of carbonyl (C=O) groups excluding carboxylic acids is 2. The smallest absolute Gasteiger partial charge is 0.265 e. The number of halogens is 1. The van der Waals surface area contributed by atoms with Gasteiger partial charge in [0.15, 0.2) is 0 Å². The summed E-state index contributed by atoms with van der Waals surface area (Å²) in [5.41, 5.74) is 1.63. The van der Waals surface area contributed by atoms with E-state index in [2.05, 4.69) is 5.32 Å². The van der Waals surface area contributed by atoms with Crippen LogP contribution in [0.3, 0.4) is 0 Å². The Bertz CT molecular complexity index is 920. The third-order valence-corrected chi connectivity index (χ3v) is 6.13. The fourth-order valence-corrected chi connectivity index (χ4v) is 4.65. The van der Waals surface area contributed by atoms with Crippen LogP contribution in [0.15, 0.2) is 64.4 Å². The van der Waals surface area contributed by atoms with Gasteiger partial charge in [-0.1, -0.05) is 48.9 Å². The van der Waals surface area contributed by atoms with Crippen molar-refractivity contribution in [2.75, 3.05) is 4.90 Å². The first kappa shape index (κ1) is 18.7. The first-order valence-electron chi connectivity index (χ1n) is 9.45. The summed E-state index contributed by atoms with van der Waals surface area (Å²) in [6, 6.07) is 13.9. The molecule has 1 aliphatic heterocycles. The van der Waals surface area contributed by atoms with E-state index >= 15 is 0 Å². The zero-order valence-electron chi connectivity index (χ0n) is 15.4. The number of hydrogen-bond donors (Lipinski definition) is 1. The molecule has 1 heterocycles. The Morgan fingerprint density at radius 3 is 2.61 bits per heavy atom. The molecule has 4 rings (SSSR count). The third kappa shape index (κ3) is 4.12. The fraction of sp³-hybridized carbons (Fsp3) is 0.273. The number of hydrogen-bond acceptors (Lipinski definition) is 3. The highest BCUT2D eigenvalue weighted by molar-refractivity contribution is 8.04. The van der Waals surface area contributed by atoms with E-state index in [0.717, 1.165) is 41.8 Å². The van der Waals surface area contributed by atoms with Crippen LogP contribution in [-0.4, -0.2) is 17.9 Å². The quantitative estimate of drug-likeness (QED) is 0.779. The molecule has 1 N–H and O–H groups in total. The molecule has 0 aromatic heterocycles. The van der Waals surface area contributed by atoms with Gasteiger partial charge < -0.3 is 10.2 Å². The second kappa shape index (κ2) is 8.19. The normalized spacial score (nSPS) is 18.4. The number of para-hydroxylation sites is 1. The zero-order chi connectivity index (χ0) is 19.5. The molecule has 4 nitrogen and oxygen atoms in total. The van der Waals surface area contributed by atoms with Gasteiger partial charge >= 0.3 is 0 Å². The van der Waals surface area contributed by atoms with Crippen molar-refractivity contribution in [2.45, 2.75) is 43.2 Å². The van der Waals surface area contributed by atoms with Crippen LogP contribution in [0, 0.1) is 5.82 Å². The molecule has 0 saturated heterocycles. The Kier molecular flexibility index (Phi) is 5.48. The minimum Gasteiger partial charge on any atom is -0.350 e. The summed E-state index contributed by atoms with van der Waals surface area (Å²) >= 11 is 1.32. The third-order valence-electron chi connectivity index (χ3n) is 5.05. The van der Waals surface area contributed by atoms with Crippen molar-refractivity contribution >= 4 is 29.3 Å². The number of nitrogens with zero attached hydrogens (tertiary/aromatic N) is 1. The van der Waals surface area contributed by atoms with Gasteiger partial charge in [-0.05, 0) is 42.7 Å². The minimum absolute atomic E-state index is 0.204. The number of anilines is 1. The Balaban J connectivity index is 1.59. The highest BCUT2D eigenvalue weighted by Crippen LogP contribution is 2.41. The molecule has 1 fully saturated rings. The van der Waals surface area contributed by atoms with Crippen LogP contribution in [-0.2, 0) is 16.1 Å². The van der Waals surface area contributed by atoms with Crippen molar-refractivity contribution < 1.29 is 14.0 Å². The molecule has 0 radical (unpaired) electrons. The van der Waals surface area contributed by atoms with E-state index < -0.39 is 0 Å². The number of amides is 2. The Labute approximate surface area is 167 Å². The lowest BCUT2D eigenvalue weighted by Crippen LogP contribution is -2.35.